The van der Waals surface area contributed by atoms with Crippen LogP contribution in [0.5, 0.6) is 5.75 Å². The van der Waals surface area contributed by atoms with Crippen molar-refractivity contribution >= 4 is 5.96 Å². The van der Waals surface area contributed by atoms with Crippen molar-refractivity contribution in [1.82, 2.24) is 10.6 Å². The number of guanidine groups is 1. The van der Waals surface area contributed by atoms with Gasteiger partial charge in [-0.15, -0.1) is 6.42 Å². The van der Waals surface area contributed by atoms with Crippen molar-refractivity contribution in [3.8, 4) is 18.1 Å². The summed E-state index contributed by atoms with van der Waals surface area (Å²) in [5, 5.41) is 5.94. The molecule has 1 rings (SSSR count). The zero-order valence-electron chi connectivity index (χ0n) is 13.6. The summed E-state index contributed by atoms with van der Waals surface area (Å²) in [6.45, 7) is 2.93. The van der Waals surface area contributed by atoms with E-state index >= 15 is 0 Å². The summed E-state index contributed by atoms with van der Waals surface area (Å²) < 4.78 is 41.7. The SMILES string of the molecule is C#CCOc1ccc(CCNC(=NCCC(F)(F)F)NCC)cc1. The van der Waals surface area contributed by atoms with E-state index in [-0.39, 0.29) is 13.2 Å². The number of ether oxygens (including phenoxy) is 1. The number of rotatable bonds is 8. The fraction of sp³-hybridized carbons (Fsp3) is 0.471. The van der Waals surface area contributed by atoms with Crippen molar-refractivity contribution in [3.05, 3.63) is 29.8 Å². The van der Waals surface area contributed by atoms with E-state index in [0.717, 1.165) is 5.56 Å². The Balaban J connectivity index is 2.41. The normalized spacial score (nSPS) is 11.7. The van der Waals surface area contributed by atoms with Crippen molar-refractivity contribution in [1.29, 1.82) is 0 Å². The third kappa shape index (κ3) is 8.93. The lowest BCUT2D eigenvalue weighted by Gasteiger charge is -2.12. The molecular formula is C17H22F3N3O. The third-order valence-electron chi connectivity index (χ3n) is 2.96. The third-order valence-corrected chi connectivity index (χ3v) is 2.96. The molecule has 24 heavy (non-hydrogen) atoms. The molecule has 2 N–H and O–H groups in total. The van der Waals surface area contributed by atoms with Gasteiger partial charge in [-0.25, -0.2) is 0 Å². The average molecular weight is 341 g/mol. The molecule has 0 fully saturated rings. The zero-order valence-corrected chi connectivity index (χ0v) is 13.6. The molecule has 4 nitrogen and oxygen atoms in total. The molecule has 0 unspecified atom stereocenters. The molecule has 0 atom stereocenters. The molecule has 1 aromatic rings. The van der Waals surface area contributed by atoms with Crippen LogP contribution in [0.25, 0.3) is 0 Å². The summed E-state index contributed by atoms with van der Waals surface area (Å²) in [5.74, 6) is 3.48. The van der Waals surface area contributed by atoms with Crippen LogP contribution in [0.1, 0.15) is 18.9 Å². The Morgan fingerprint density at radius 3 is 2.54 bits per heavy atom. The van der Waals surface area contributed by atoms with Crippen LogP contribution in [0.3, 0.4) is 0 Å². The number of terminal acetylenes is 1. The Hall–Kier alpha value is -2.36. The molecule has 1 aromatic carbocycles. The minimum absolute atomic E-state index is 0.224. The van der Waals surface area contributed by atoms with Gasteiger partial charge in [-0.05, 0) is 31.0 Å². The van der Waals surface area contributed by atoms with Crippen molar-refractivity contribution in [2.75, 3.05) is 26.2 Å². The van der Waals surface area contributed by atoms with E-state index < -0.39 is 12.6 Å². The predicted molar refractivity (Wildman–Crippen MR) is 89.1 cm³/mol. The van der Waals surface area contributed by atoms with Gasteiger partial charge in [0.05, 0.1) is 13.0 Å². The summed E-state index contributed by atoms with van der Waals surface area (Å²) in [6, 6.07) is 7.49. The van der Waals surface area contributed by atoms with Gasteiger partial charge in [0.25, 0.3) is 0 Å². The number of benzene rings is 1. The smallest absolute Gasteiger partial charge is 0.390 e. The van der Waals surface area contributed by atoms with Crippen LogP contribution in [-0.4, -0.2) is 38.4 Å². The standard InChI is InChI=1S/C17H22F3N3O/c1-3-13-24-15-7-5-14(6-8-15)9-11-22-16(21-4-2)23-12-10-17(18,19)20/h1,5-8H,4,9-13H2,2H3,(H2,21,22,23). The average Bonchev–Trinajstić information content (AvgIpc) is 2.53. The van der Waals surface area contributed by atoms with Gasteiger partial charge in [0.1, 0.15) is 12.4 Å². The first-order valence-corrected chi connectivity index (χ1v) is 7.68. The largest absolute Gasteiger partial charge is 0.481 e. The lowest BCUT2D eigenvalue weighted by Crippen LogP contribution is -2.38. The summed E-state index contributed by atoms with van der Waals surface area (Å²) in [7, 11) is 0. The van der Waals surface area contributed by atoms with E-state index in [1.165, 1.54) is 0 Å². The minimum Gasteiger partial charge on any atom is -0.481 e. The fourth-order valence-electron chi connectivity index (χ4n) is 1.84. The Morgan fingerprint density at radius 2 is 1.96 bits per heavy atom. The van der Waals surface area contributed by atoms with Crippen LogP contribution < -0.4 is 15.4 Å². The lowest BCUT2D eigenvalue weighted by atomic mass is 10.1. The number of hydrogen-bond acceptors (Lipinski definition) is 2. The first-order chi connectivity index (χ1) is 11.4. The Bertz CT molecular complexity index is 548. The van der Waals surface area contributed by atoms with Crippen molar-refractivity contribution in [2.24, 2.45) is 4.99 Å². The van der Waals surface area contributed by atoms with Crippen molar-refractivity contribution in [2.45, 2.75) is 25.9 Å². The maximum atomic E-state index is 12.1. The molecule has 0 saturated carbocycles. The van der Waals surface area contributed by atoms with Crippen molar-refractivity contribution < 1.29 is 17.9 Å². The molecular weight excluding hydrogens is 319 g/mol. The monoisotopic (exact) mass is 341 g/mol. The Morgan fingerprint density at radius 1 is 1.25 bits per heavy atom. The van der Waals surface area contributed by atoms with Crippen LogP contribution in [0.2, 0.25) is 0 Å². The molecule has 0 aliphatic carbocycles. The molecule has 0 heterocycles. The number of alkyl halides is 3. The molecule has 0 aliphatic heterocycles. The number of nitrogens with one attached hydrogen (secondary N) is 2. The van der Waals surface area contributed by atoms with Crippen molar-refractivity contribution in [3.63, 3.8) is 0 Å². The van der Waals surface area contributed by atoms with Gasteiger partial charge < -0.3 is 15.4 Å². The summed E-state index contributed by atoms with van der Waals surface area (Å²) in [6.07, 6.45) is 0.710. The molecule has 0 aromatic heterocycles. The molecule has 0 spiro atoms. The van der Waals surface area contributed by atoms with Gasteiger partial charge in [-0.2, -0.15) is 13.2 Å². The molecule has 0 bridgehead atoms. The molecule has 7 heteroatoms. The lowest BCUT2D eigenvalue weighted by molar-refractivity contribution is -0.132. The van der Waals surface area contributed by atoms with Gasteiger partial charge in [0.15, 0.2) is 5.96 Å². The van der Waals surface area contributed by atoms with Gasteiger partial charge in [0.2, 0.25) is 0 Å². The summed E-state index contributed by atoms with van der Waals surface area (Å²) in [5.41, 5.74) is 1.07. The topological polar surface area (TPSA) is 45.6 Å². The molecule has 0 radical (unpaired) electrons. The Kier molecular flexibility index (Phi) is 8.55. The number of nitrogens with zero attached hydrogens (tertiary/aromatic N) is 1. The van der Waals surface area contributed by atoms with E-state index in [9.17, 15) is 13.2 Å². The minimum atomic E-state index is -4.19. The second-order valence-corrected chi connectivity index (χ2v) is 4.94. The maximum absolute atomic E-state index is 12.1. The predicted octanol–water partition coefficient (Wildman–Crippen LogP) is 2.75. The Labute approximate surface area is 140 Å². The van der Waals surface area contributed by atoms with Gasteiger partial charge in [0, 0.05) is 13.1 Å². The fourth-order valence-corrected chi connectivity index (χ4v) is 1.84. The molecule has 0 amide bonds. The summed E-state index contributed by atoms with van der Waals surface area (Å²) in [4.78, 5) is 3.91. The zero-order chi connectivity index (χ0) is 17.8. The van der Waals surface area contributed by atoms with E-state index in [0.29, 0.717) is 31.2 Å². The highest BCUT2D eigenvalue weighted by Gasteiger charge is 2.26. The van der Waals surface area contributed by atoms with Crippen LogP contribution >= 0.6 is 0 Å². The van der Waals surface area contributed by atoms with Gasteiger partial charge >= 0.3 is 6.18 Å². The molecule has 132 valence electrons. The highest BCUT2D eigenvalue weighted by molar-refractivity contribution is 5.79. The highest BCUT2D eigenvalue weighted by atomic mass is 19.4. The van der Waals surface area contributed by atoms with Crippen LogP contribution in [0.15, 0.2) is 29.3 Å². The van der Waals surface area contributed by atoms with Crippen LogP contribution in [-0.2, 0) is 6.42 Å². The number of halogens is 3. The number of hydrogen-bond donors (Lipinski definition) is 2. The first kappa shape index (κ1) is 19.7. The van der Waals surface area contributed by atoms with Crippen LogP contribution in [0.4, 0.5) is 13.2 Å². The van der Waals surface area contributed by atoms with E-state index in [4.69, 9.17) is 11.2 Å². The molecule has 0 aliphatic rings. The quantitative estimate of drug-likeness (QED) is 0.434. The first-order valence-electron chi connectivity index (χ1n) is 7.68. The van der Waals surface area contributed by atoms with E-state index in [2.05, 4.69) is 21.5 Å². The van der Waals surface area contributed by atoms with E-state index in [1.54, 1.807) is 0 Å². The number of aliphatic imine (C=N–C) groups is 1. The second kappa shape index (κ2) is 10.4. The van der Waals surface area contributed by atoms with Crippen LogP contribution in [0, 0.1) is 12.3 Å². The summed E-state index contributed by atoms with van der Waals surface area (Å²) >= 11 is 0. The molecule has 0 saturated heterocycles. The van der Waals surface area contributed by atoms with E-state index in [1.807, 2.05) is 31.2 Å². The maximum Gasteiger partial charge on any atom is 0.390 e. The van der Waals surface area contributed by atoms with Gasteiger partial charge in [-0.3, -0.25) is 4.99 Å². The second-order valence-electron chi connectivity index (χ2n) is 4.94. The highest BCUT2D eigenvalue weighted by Crippen LogP contribution is 2.18. The van der Waals surface area contributed by atoms with Gasteiger partial charge in [-0.1, -0.05) is 18.1 Å².